The highest BCUT2D eigenvalue weighted by Gasteiger charge is 2.10. The van der Waals surface area contributed by atoms with Crippen molar-refractivity contribution in [2.45, 2.75) is 12.5 Å². The zero-order valence-corrected chi connectivity index (χ0v) is 8.52. The van der Waals surface area contributed by atoms with E-state index in [1.54, 1.807) is 12.1 Å². The minimum Gasteiger partial charge on any atom is -0.330 e. The number of hydrogen-bond acceptors (Lipinski definition) is 3. The van der Waals surface area contributed by atoms with E-state index in [-0.39, 0.29) is 6.04 Å². The van der Waals surface area contributed by atoms with Gasteiger partial charge in [-0.2, -0.15) is 0 Å². The Labute approximate surface area is 87.0 Å². The Morgan fingerprint density at radius 2 is 2.08 bits per heavy atom. The van der Waals surface area contributed by atoms with Gasteiger partial charge in [0, 0.05) is 11.6 Å². The molecule has 1 rings (SSSR count). The van der Waals surface area contributed by atoms with Crippen molar-refractivity contribution in [1.29, 1.82) is 0 Å². The highest BCUT2D eigenvalue weighted by molar-refractivity contribution is 6.32. The summed E-state index contributed by atoms with van der Waals surface area (Å²) in [6, 6.07) is 3.28. The summed E-state index contributed by atoms with van der Waals surface area (Å²) in [5.74, 6) is 0. The molecule has 1 aromatic heterocycles. The molecule has 0 fully saturated rings. The standard InChI is InChI=1S/C8H11Cl2N3/c9-7-2-1-5(8(10)13-7)6(12)3-4-11/h1-2,6H,3-4,11-12H2/t6-/m1/s1. The highest BCUT2D eigenvalue weighted by atomic mass is 35.5. The van der Waals surface area contributed by atoms with Gasteiger partial charge in [0.15, 0.2) is 0 Å². The molecule has 5 heteroatoms. The van der Waals surface area contributed by atoms with Crippen molar-refractivity contribution in [3.8, 4) is 0 Å². The maximum absolute atomic E-state index is 5.84. The van der Waals surface area contributed by atoms with Crippen molar-refractivity contribution < 1.29 is 0 Å². The Bertz CT molecular complexity index is 291. The van der Waals surface area contributed by atoms with Gasteiger partial charge in [-0.3, -0.25) is 0 Å². The lowest BCUT2D eigenvalue weighted by Gasteiger charge is -2.11. The predicted octanol–water partition coefficient (Wildman–Crippen LogP) is 1.74. The maximum atomic E-state index is 5.84. The van der Waals surface area contributed by atoms with Crippen LogP contribution in [-0.4, -0.2) is 11.5 Å². The van der Waals surface area contributed by atoms with Gasteiger partial charge in [-0.25, -0.2) is 4.98 Å². The van der Waals surface area contributed by atoms with Crippen molar-refractivity contribution in [1.82, 2.24) is 4.98 Å². The van der Waals surface area contributed by atoms with Crippen LogP contribution >= 0.6 is 23.2 Å². The third-order valence-electron chi connectivity index (χ3n) is 1.72. The molecule has 0 aliphatic rings. The van der Waals surface area contributed by atoms with E-state index in [0.29, 0.717) is 23.3 Å². The highest BCUT2D eigenvalue weighted by Crippen LogP contribution is 2.23. The largest absolute Gasteiger partial charge is 0.330 e. The first-order chi connectivity index (χ1) is 6.15. The summed E-state index contributed by atoms with van der Waals surface area (Å²) in [5.41, 5.74) is 12.0. The Hall–Kier alpha value is -0.350. The zero-order valence-electron chi connectivity index (χ0n) is 7.00. The van der Waals surface area contributed by atoms with Crippen LogP contribution in [0.5, 0.6) is 0 Å². The second-order valence-electron chi connectivity index (χ2n) is 2.70. The number of rotatable bonds is 3. The lowest BCUT2D eigenvalue weighted by Crippen LogP contribution is -2.16. The summed E-state index contributed by atoms with van der Waals surface area (Å²) in [6.45, 7) is 0.528. The van der Waals surface area contributed by atoms with Crippen LogP contribution in [0.1, 0.15) is 18.0 Å². The topological polar surface area (TPSA) is 64.9 Å². The Morgan fingerprint density at radius 1 is 1.38 bits per heavy atom. The third-order valence-corrected chi connectivity index (χ3v) is 2.23. The van der Waals surface area contributed by atoms with E-state index in [2.05, 4.69) is 4.98 Å². The van der Waals surface area contributed by atoms with Gasteiger partial charge >= 0.3 is 0 Å². The Kier molecular flexibility index (Phi) is 3.93. The van der Waals surface area contributed by atoms with Gasteiger partial charge in [-0.1, -0.05) is 29.3 Å². The molecule has 0 bridgehead atoms. The van der Waals surface area contributed by atoms with Gasteiger partial charge in [0.1, 0.15) is 10.3 Å². The summed E-state index contributed by atoms with van der Waals surface area (Å²) < 4.78 is 0. The minimum atomic E-state index is -0.165. The fourth-order valence-electron chi connectivity index (χ4n) is 1.03. The molecule has 0 aliphatic heterocycles. The van der Waals surface area contributed by atoms with Crippen molar-refractivity contribution in [3.63, 3.8) is 0 Å². The molecule has 0 unspecified atom stereocenters. The molecule has 13 heavy (non-hydrogen) atoms. The number of halogens is 2. The van der Waals surface area contributed by atoms with Gasteiger partial charge in [0.25, 0.3) is 0 Å². The fourth-order valence-corrected chi connectivity index (χ4v) is 1.52. The quantitative estimate of drug-likeness (QED) is 0.762. The monoisotopic (exact) mass is 219 g/mol. The van der Waals surface area contributed by atoms with Crippen LogP contribution in [0.4, 0.5) is 0 Å². The number of nitrogens with zero attached hydrogens (tertiary/aromatic N) is 1. The van der Waals surface area contributed by atoms with E-state index in [0.717, 1.165) is 5.56 Å². The zero-order chi connectivity index (χ0) is 9.84. The van der Waals surface area contributed by atoms with E-state index < -0.39 is 0 Å². The molecule has 0 spiro atoms. The summed E-state index contributed by atoms with van der Waals surface area (Å²) in [6.07, 6.45) is 0.684. The summed E-state index contributed by atoms with van der Waals surface area (Å²) >= 11 is 11.5. The molecular formula is C8H11Cl2N3. The Morgan fingerprint density at radius 3 is 2.62 bits per heavy atom. The number of hydrogen-bond donors (Lipinski definition) is 2. The van der Waals surface area contributed by atoms with Gasteiger partial charge in [-0.05, 0) is 19.0 Å². The van der Waals surface area contributed by atoms with Gasteiger partial charge in [-0.15, -0.1) is 0 Å². The van der Waals surface area contributed by atoms with Crippen LogP contribution in [0.25, 0.3) is 0 Å². The molecule has 1 atom stereocenters. The average Bonchev–Trinajstić information content (AvgIpc) is 2.04. The van der Waals surface area contributed by atoms with E-state index >= 15 is 0 Å². The van der Waals surface area contributed by atoms with Crippen LogP contribution in [0.3, 0.4) is 0 Å². The maximum Gasteiger partial charge on any atom is 0.135 e. The average molecular weight is 220 g/mol. The first-order valence-electron chi connectivity index (χ1n) is 3.92. The van der Waals surface area contributed by atoms with E-state index in [4.69, 9.17) is 34.7 Å². The molecule has 1 aromatic rings. The molecule has 4 N–H and O–H groups in total. The van der Waals surface area contributed by atoms with Crippen molar-refractivity contribution in [2.24, 2.45) is 11.5 Å². The number of pyridine rings is 1. The van der Waals surface area contributed by atoms with Gasteiger partial charge in [0.2, 0.25) is 0 Å². The van der Waals surface area contributed by atoms with Crippen LogP contribution in [0, 0.1) is 0 Å². The summed E-state index contributed by atoms with van der Waals surface area (Å²) in [4.78, 5) is 3.89. The molecule has 1 heterocycles. The van der Waals surface area contributed by atoms with Crippen LogP contribution in [0.2, 0.25) is 10.3 Å². The first kappa shape index (κ1) is 10.7. The van der Waals surface area contributed by atoms with Crippen LogP contribution < -0.4 is 11.5 Å². The van der Waals surface area contributed by atoms with E-state index in [1.165, 1.54) is 0 Å². The number of aromatic nitrogens is 1. The number of nitrogens with two attached hydrogens (primary N) is 2. The Balaban J connectivity index is 2.88. The lowest BCUT2D eigenvalue weighted by atomic mass is 10.1. The molecule has 0 aromatic carbocycles. The summed E-state index contributed by atoms with van der Waals surface area (Å²) in [5, 5.41) is 0.724. The van der Waals surface area contributed by atoms with Crippen LogP contribution in [0.15, 0.2) is 12.1 Å². The molecular weight excluding hydrogens is 209 g/mol. The fraction of sp³-hybridized carbons (Fsp3) is 0.375. The van der Waals surface area contributed by atoms with Crippen molar-refractivity contribution in [3.05, 3.63) is 28.0 Å². The minimum absolute atomic E-state index is 0.165. The first-order valence-corrected chi connectivity index (χ1v) is 4.68. The molecule has 0 aliphatic carbocycles. The summed E-state index contributed by atoms with van der Waals surface area (Å²) in [7, 11) is 0. The SMILES string of the molecule is NCC[C@@H](N)c1ccc(Cl)nc1Cl. The normalized spacial score (nSPS) is 12.9. The smallest absolute Gasteiger partial charge is 0.135 e. The van der Waals surface area contributed by atoms with Gasteiger partial charge < -0.3 is 11.5 Å². The second kappa shape index (κ2) is 4.77. The van der Waals surface area contributed by atoms with Crippen LogP contribution in [-0.2, 0) is 0 Å². The second-order valence-corrected chi connectivity index (χ2v) is 3.44. The van der Waals surface area contributed by atoms with Crippen molar-refractivity contribution in [2.75, 3.05) is 6.54 Å². The lowest BCUT2D eigenvalue weighted by molar-refractivity contribution is 0.659. The molecule has 72 valence electrons. The van der Waals surface area contributed by atoms with E-state index in [9.17, 15) is 0 Å². The van der Waals surface area contributed by atoms with Crippen molar-refractivity contribution >= 4 is 23.2 Å². The molecule has 0 amide bonds. The molecule has 0 radical (unpaired) electrons. The molecule has 3 nitrogen and oxygen atoms in total. The molecule has 0 saturated heterocycles. The van der Waals surface area contributed by atoms with E-state index in [1.807, 2.05) is 0 Å². The third kappa shape index (κ3) is 2.81. The van der Waals surface area contributed by atoms with Gasteiger partial charge in [0.05, 0.1) is 0 Å². The molecule has 0 saturated carbocycles. The predicted molar refractivity (Wildman–Crippen MR) is 54.9 cm³/mol.